The van der Waals surface area contributed by atoms with E-state index in [1.54, 1.807) is 28.1 Å². The summed E-state index contributed by atoms with van der Waals surface area (Å²) in [7, 11) is 0. The standard InChI is InChI=1S/C11H9N5O/c12-3-6-15-9-8(2-1-4-13-9)10(17)16-7-5-14-11(15)16/h1-2,4H,5-7H2. The van der Waals surface area contributed by atoms with Crippen molar-refractivity contribution in [2.75, 3.05) is 24.5 Å². The predicted octanol–water partition coefficient (Wildman–Crippen LogP) is 0.237. The fourth-order valence-electron chi connectivity index (χ4n) is 2.09. The molecule has 0 saturated heterocycles. The van der Waals surface area contributed by atoms with Gasteiger partial charge in [0.2, 0.25) is 5.96 Å². The molecule has 0 bridgehead atoms. The predicted molar refractivity (Wildman–Crippen MR) is 60.5 cm³/mol. The minimum Gasteiger partial charge on any atom is -0.282 e. The number of rotatable bonds is 1. The number of hydrogen-bond acceptors (Lipinski definition) is 5. The highest BCUT2D eigenvalue weighted by molar-refractivity contribution is 6.18. The van der Waals surface area contributed by atoms with Gasteiger partial charge in [-0.25, -0.2) is 4.98 Å². The van der Waals surface area contributed by atoms with Gasteiger partial charge in [-0.05, 0) is 12.1 Å². The van der Waals surface area contributed by atoms with Gasteiger partial charge in [-0.15, -0.1) is 0 Å². The van der Waals surface area contributed by atoms with Crippen LogP contribution < -0.4 is 4.90 Å². The smallest absolute Gasteiger partial charge is 0.264 e. The molecule has 0 unspecified atom stereocenters. The van der Waals surface area contributed by atoms with Crippen LogP contribution in [0.3, 0.4) is 0 Å². The number of hydrogen-bond donors (Lipinski definition) is 0. The summed E-state index contributed by atoms with van der Waals surface area (Å²) >= 11 is 0. The van der Waals surface area contributed by atoms with Crippen molar-refractivity contribution in [3.8, 4) is 6.07 Å². The summed E-state index contributed by atoms with van der Waals surface area (Å²) in [4.78, 5) is 23.9. The Hall–Kier alpha value is -2.42. The van der Waals surface area contributed by atoms with Crippen molar-refractivity contribution in [2.24, 2.45) is 4.99 Å². The highest BCUT2D eigenvalue weighted by atomic mass is 16.2. The summed E-state index contributed by atoms with van der Waals surface area (Å²) in [6, 6.07) is 5.52. The molecule has 3 heterocycles. The van der Waals surface area contributed by atoms with E-state index in [0.29, 0.717) is 30.4 Å². The number of amides is 1. The van der Waals surface area contributed by atoms with Gasteiger partial charge in [0.1, 0.15) is 12.4 Å². The van der Waals surface area contributed by atoms with E-state index in [1.165, 1.54) is 0 Å². The molecule has 0 saturated carbocycles. The molecule has 17 heavy (non-hydrogen) atoms. The van der Waals surface area contributed by atoms with E-state index < -0.39 is 0 Å². The first-order valence-electron chi connectivity index (χ1n) is 5.29. The number of aliphatic imine (C=N–C) groups is 1. The zero-order valence-corrected chi connectivity index (χ0v) is 9.00. The second-order valence-corrected chi connectivity index (χ2v) is 3.76. The minimum absolute atomic E-state index is 0.0847. The van der Waals surface area contributed by atoms with Crippen molar-refractivity contribution in [1.29, 1.82) is 5.26 Å². The summed E-state index contributed by atoms with van der Waals surface area (Å²) in [6.07, 6.45) is 1.61. The van der Waals surface area contributed by atoms with Gasteiger partial charge in [0.25, 0.3) is 5.91 Å². The van der Waals surface area contributed by atoms with Gasteiger partial charge < -0.3 is 0 Å². The Morgan fingerprint density at radius 3 is 3.24 bits per heavy atom. The number of fused-ring (bicyclic) bond motifs is 2. The lowest BCUT2D eigenvalue weighted by molar-refractivity contribution is 0.0851. The third-order valence-electron chi connectivity index (χ3n) is 2.81. The largest absolute Gasteiger partial charge is 0.282 e. The van der Waals surface area contributed by atoms with E-state index in [9.17, 15) is 4.79 Å². The van der Waals surface area contributed by atoms with E-state index in [-0.39, 0.29) is 12.5 Å². The highest BCUT2D eigenvalue weighted by Gasteiger charge is 2.37. The lowest BCUT2D eigenvalue weighted by Crippen LogP contribution is -2.50. The quantitative estimate of drug-likeness (QED) is 0.644. The van der Waals surface area contributed by atoms with Gasteiger partial charge in [0, 0.05) is 12.7 Å². The molecule has 1 aromatic rings. The molecule has 0 atom stereocenters. The van der Waals surface area contributed by atoms with Gasteiger partial charge in [-0.2, -0.15) is 5.26 Å². The first kappa shape index (κ1) is 9.78. The maximum Gasteiger partial charge on any atom is 0.264 e. The van der Waals surface area contributed by atoms with Crippen LogP contribution >= 0.6 is 0 Å². The number of aromatic nitrogens is 1. The maximum atomic E-state index is 12.1. The zero-order valence-electron chi connectivity index (χ0n) is 9.00. The molecule has 0 N–H and O–H groups in total. The first-order valence-corrected chi connectivity index (χ1v) is 5.29. The number of carbonyl (C=O) groups is 1. The van der Waals surface area contributed by atoms with Crippen molar-refractivity contribution < 1.29 is 4.79 Å². The molecule has 6 nitrogen and oxygen atoms in total. The van der Waals surface area contributed by atoms with E-state index in [1.807, 2.05) is 0 Å². The van der Waals surface area contributed by atoms with Crippen LogP contribution in [0.5, 0.6) is 0 Å². The van der Waals surface area contributed by atoms with Crippen molar-refractivity contribution in [1.82, 2.24) is 9.88 Å². The molecule has 1 amide bonds. The normalized spacial score (nSPS) is 17.4. The Morgan fingerprint density at radius 2 is 2.41 bits per heavy atom. The molecule has 0 aliphatic carbocycles. The lowest BCUT2D eigenvalue weighted by Gasteiger charge is -2.33. The van der Waals surface area contributed by atoms with Crippen molar-refractivity contribution in [2.45, 2.75) is 0 Å². The average molecular weight is 227 g/mol. The van der Waals surface area contributed by atoms with Crippen LogP contribution in [-0.2, 0) is 0 Å². The molecule has 0 radical (unpaired) electrons. The average Bonchev–Trinajstić information content (AvgIpc) is 2.84. The SMILES string of the molecule is N#CCN1C2=NCCN2C(=O)c2cccnc21. The van der Waals surface area contributed by atoms with Crippen LogP contribution in [0.2, 0.25) is 0 Å². The van der Waals surface area contributed by atoms with Crippen LogP contribution in [0.4, 0.5) is 5.82 Å². The lowest BCUT2D eigenvalue weighted by atomic mass is 10.1. The van der Waals surface area contributed by atoms with Crippen LogP contribution in [-0.4, -0.2) is 41.4 Å². The van der Waals surface area contributed by atoms with Crippen LogP contribution in [0, 0.1) is 11.3 Å². The van der Waals surface area contributed by atoms with Crippen LogP contribution in [0.1, 0.15) is 10.4 Å². The van der Waals surface area contributed by atoms with E-state index >= 15 is 0 Å². The molecule has 0 fully saturated rings. The second-order valence-electron chi connectivity index (χ2n) is 3.76. The molecule has 2 aliphatic rings. The number of pyridine rings is 1. The monoisotopic (exact) mass is 227 g/mol. The van der Waals surface area contributed by atoms with Crippen LogP contribution in [0.15, 0.2) is 23.3 Å². The summed E-state index contributed by atoms with van der Waals surface area (Å²) in [5.41, 5.74) is 0.531. The second kappa shape index (κ2) is 3.56. The fourth-order valence-corrected chi connectivity index (χ4v) is 2.09. The molecule has 0 aromatic carbocycles. The Morgan fingerprint density at radius 1 is 1.53 bits per heavy atom. The summed E-state index contributed by atoms with van der Waals surface area (Å²) in [5, 5.41) is 8.85. The van der Waals surface area contributed by atoms with Gasteiger partial charge in [-0.1, -0.05) is 0 Å². The van der Waals surface area contributed by atoms with Gasteiger partial charge in [0.05, 0.1) is 18.2 Å². The van der Waals surface area contributed by atoms with Gasteiger partial charge in [0.15, 0.2) is 0 Å². The summed E-state index contributed by atoms with van der Waals surface area (Å²) in [6.45, 7) is 1.30. The third kappa shape index (κ3) is 1.29. The number of carbonyl (C=O) groups excluding carboxylic acids is 1. The van der Waals surface area contributed by atoms with E-state index in [4.69, 9.17) is 5.26 Å². The fraction of sp³-hybridized carbons (Fsp3) is 0.273. The van der Waals surface area contributed by atoms with E-state index in [0.717, 1.165) is 0 Å². The molecule has 0 spiro atoms. The maximum absolute atomic E-state index is 12.1. The number of anilines is 1. The Labute approximate surface area is 97.8 Å². The van der Waals surface area contributed by atoms with Crippen molar-refractivity contribution in [3.63, 3.8) is 0 Å². The number of nitriles is 1. The molecule has 6 heteroatoms. The third-order valence-corrected chi connectivity index (χ3v) is 2.81. The topological polar surface area (TPSA) is 72.6 Å². The number of nitrogens with zero attached hydrogens (tertiary/aromatic N) is 5. The highest BCUT2D eigenvalue weighted by Crippen LogP contribution is 2.27. The van der Waals surface area contributed by atoms with E-state index in [2.05, 4.69) is 16.0 Å². The number of guanidine groups is 1. The molecular weight excluding hydrogens is 218 g/mol. The molecular formula is C11H9N5O. The Kier molecular flexibility index (Phi) is 2.05. The van der Waals surface area contributed by atoms with Gasteiger partial charge >= 0.3 is 0 Å². The molecule has 3 rings (SSSR count). The Bertz CT molecular complexity index is 559. The summed E-state index contributed by atoms with van der Waals surface area (Å²) in [5.74, 6) is 0.984. The zero-order chi connectivity index (χ0) is 11.8. The Balaban J connectivity index is 2.17. The van der Waals surface area contributed by atoms with Crippen molar-refractivity contribution in [3.05, 3.63) is 23.9 Å². The minimum atomic E-state index is -0.0847. The molecule has 2 aliphatic heterocycles. The van der Waals surface area contributed by atoms with Gasteiger partial charge in [-0.3, -0.25) is 19.6 Å². The summed E-state index contributed by atoms with van der Waals surface area (Å²) < 4.78 is 0. The molecule has 1 aromatic heterocycles. The first-order chi connectivity index (χ1) is 8.33. The van der Waals surface area contributed by atoms with Crippen molar-refractivity contribution >= 4 is 17.7 Å². The van der Waals surface area contributed by atoms with Crippen LogP contribution in [0.25, 0.3) is 0 Å². The molecule has 84 valence electrons.